The summed E-state index contributed by atoms with van der Waals surface area (Å²) < 4.78 is 30.9. The number of halogens is 2. The van der Waals surface area contributed by atoms with E-state index in [0.29, 0.717) is 31.9 Å². The van der Waals surface area contributed by atoms with E-state index >= 15 is 0 Å². The van der Waals surface area contributed by atoms with Crippen LogP contribution in [0.4, 0.5) is 14.5 Å². The largest absolute Gasteiger partial charge is 0.469 e. The lowest BCUT2D eigenvalue weighted by Crippen LogP contribution is -2.48. The summed E-state index contributed by atoms with van der Waals surface area (Å²) in [4.78, 5) is 26.5. The fourth-order valence-electron chi connectivity index (χ4n) is 2.42. The Morgan fingerprint density at radius 3 is 2.23 bits per heavy atom. The van der Waals surface area contributed by atoms with Crippen LogP contribution in [0, 0.1) is 11.6 Å². The maximum Gasteiger partial charge on any atom is 0.313 e. The van der Waals surface area contributed by atoms with Gasteiger partial charge in [-0.3, -0.25) is 14.5 Å². The normalized spacial score (nSPS) is 15.7. The maximum atomic E-state index is 13.2. The first-order valence-corrected chi connectivity index (χ1v) is 7.00. The molecule has 0 radical (unpaired) electrons. The third-order valence-electron chi connectivity index (χ3n) is 3.55. The summed E-state index contributed by atoms with van der Waals surface area (Å²) in [5, 5.41) is 0. The predicted molar refractivity (Wildman–Crippen MR) is 76.7 cm³/mol. The average molecular weight is 312 g/mol. The number of ketones is 1. The van der Waals surface area contributed by atoms with Crippen LogP contribution in [-0.4, -0.2) is 56.5 Å². The maximum absolute atomic E-state index is 13.2. The van der Waals surface area contributed by atoms with Crippen molar-refractivity contribution in [3.63, 3.8) is 0 Å². The number of rotatable bonds is 5. The van der Waals surface area contributed by atoms with Gasteiger partial charge in [-0.2, -0.15) is 0 Å². The number of anilines is 1. The molecule has 0 amide bonds. The van der Waals surface area contributed by atoms with Crippen molar-refractivity contribution in [2.45, 2.75) is 6.42 Å². The molecule has 0 unspecified atom stereocenters. The number of Topliss-reactive ketones (excluding diaryl/α,β-unsaturated/α-hetero) is 1. The number of piperazine rings is 1. The Morgan fingerprint density at radius 2 is 1.68 bits per heavy atom. The lowest BCUT2D eigenvalue weighted by molar-refractivity contribution is -0.143. The molecule has 0 spiro atoms. The van der Waals surface area contributed by atoms with E-state index in [4.69, 9.17) is 0 Å². The van der Waals surface area contributed by atoms with Crippen molar-refractivity contribution >= 4 is 17.4 Å². The molecular formula is C15H18F2N2O3. The van der Waals surface area contributed by atoms with Gasteiger partial charge in [-0.05, 0) is 12.1 Å². The Labute approximate surface area is 127 Å². The van der Waals surface area contributed by atoms with Crippen molar-refractivity contribution in [2.24, 2.45) is 0 Å². The van der Waals surface area contributed by atoms with Crippen LogP contribution in [0.25, 0.3) is 0 Å². The molecule has 0 bridgehead atoms. The summed E-state index contributed by atoms with van der Waals surface area (Å²) >= 11 is 0. The molecule has 0 aliphatic carbocycles. The van der Waals surface area contributed by atoms with Crippen LogP contribution in [0.1, 0.15) is 6.42 Å². The Morgan fingerprint density at radius 1 is 1.09 bits per heavy atom. The molecule has 1 heterocycles. The summed E-state index contributed by atoms with van der Waals surface area (Å²) in [5.41, 5.74) is 0.498. The van der Waals surface area contributed by atoms with Gasteiger partial charge in [-0.15, -0.1) is 0 Å². The number of nitrogens with zero attached hydrogens (tertiary/aromatic N) is 2. The van der Waals surface area contributed by atoms with E-state index in [2.05, 4.69) is 4.74 Å². The highest BCUT2D eigenvalue weighted by Gasteiger charge is 2.21. The number of esters is 1. The number of carbonyl (C=O) groups excluding carboxylic acids is 2. The molecule has 120 valence electrons. The van der Waals surface area contributed by atoms with Gasteiger partial charge in [0.25, 0.3) is 0 Å². The zero-order chi connectivity index (χ0) is 16.1. The minimum atomic E-state index is -0.606. The van der Waals surface area contributed by atoms with E-state index in [0.717, 1.165) is 6.07 Å². The highest BCUT2D eigenvalue weighted by atomic mass is 19.1. The number of hydrogen-bond acceptors (Lipinski definition) is 5. The standard InChI is InChI=1S/C15H18F2N2O3/c1-22-15(21)9-14(20)10-18-2-4-19(5-3-18)13-7-11(16)6-12(17)8-13/h6-8H,2-5,9-10H2,1H3. The van der Waals surface area contributed by atoms with E-state index < -0.39 is 17.6 Å². The highest BCUT2D eigenvalue weighted by molar-refractivity contribution is 5.96. The zero-order valence-corrected chi connectivity index (χ0v) is 12.3. The SMILES string of the molecule is COC(=O)CC(=O)CN1CCN(c2cc(F)cc(F)c2)CC1. The lowest BCUT2D eigenvalue weighted by Gasteiger charge is -2.35. The Hall–Kier alpha value is -2.02. The molecule has 0 aromatic heterocycles. The fraction of sp³-hybridized carbons (Fsp3) is 0.467. The van der Waals surface area contributed by atoms with Crippen molar-refractivity contribution in [2.75, 3.05) is 44.7 Å². The van der Waals surface area contributed by atoms with Gasteiger partial charge in [0.05, 0.1) is 13.7 Å². The minimum absolute atomic E-state index is 0.181. The predicted octanol–water partition coefficient (Wildman–Crippen LogP) is 1.22. The monoisotopic (exact) mass is 312 g/mol. The van der Waals surface area contributed by atoms with Gasteiger partial charge < -0.3 is 9.64 Å². The van der Waals surface area contributed by atoms with E-state index in [9.17, 15) is 18.4 Å². The Bertz CT molecular complexity index is 537. The molecule has 0 atom stereocenters. The topological polar surface area (TPSA) is 49.9 Å². The first-order chi connectivity index (χ1) is 10.5. The summed E-state index contributed by atoms with van der Waals surface area (Å²) in [5.74, 6) is -1.95. The molecule has 1 aromatic carbocycles. The third-order valence-corrected chi connectivity index (χ3v) is 3.55. The summed E-state index contributed by atoms with van der Waals surface area (Å²) in [6, 6.07) is 3.42. The molecule has 1 saturated heterocycles. The Kier molecular flexibility index (Phi) is 5.43. The second-order valence-corrected chi connectivity index (χ2v) is 5.18. The molecule has 0 saturated carbocycles. The van der Waals surface area contributed by atoms with Crippen LogP contribution in [0.5, 0.6) is 0 Å². The van der Waals surface area contributed by atoms with Crippen molar-refractivity contribution < 1.29 is 23.1 Å². The Balaban J connectivity index is 1.85. The second kappa shape index (κ2) is 7.31. The van der Waals surface area contributed by atoms with Gasteiger partial charge in [0.1, 0.15) is 18.1 Å². The van der Waals surface area contributed by atoms with Gasteiger partial charge in [0.15, 0.2) is 5.78 Å². The van der Waals surface area contributed by atoms with Crippen LogP contribution in [-0.2, 0) is 14.3 Å². The van der Waals surface area contributed by atoms with E-state index in [1.165, 1.54) is 19.2 Å². The molecule has 1 aliphatic rings. The van der Waals surface area contributed by atoms with Crippen molar-refractivity contribution in [1.82, 2.24) is 4.90 Å². The molecule has 7 heteroatoms. The fourth-order valence-corrected chi connectivity index (χ4v) is 2.42. The zero-order valence-electron chi connectivity index (χ0n) is 12.3. The minimum Gasteiger partial charge on any atom is -0.469 e. The van der Waals surface area contributed by atoms with Crippen LogP contribution in [0.15, 0.2) is 18.2 Å². The number of benzene rings is 1. The van der Waals surface area contributed by atoms with Crippen LogP contribution in [0.2, 0.25) is 0 Å². The highest BCUT2D eigenvalue weighted by Crippen LogP contribution is 2.19. The number of carbonyl (C=O) groups is 2. The second-order valence-electron chi connectivity index (χ2n) is 5.18. The molecule has 1 aromatic rings. The third kappa shape index (κ3) is 4.49. The molecule has 22 heavy (non-hydrogen) atoms. The van der Waals surface area contributed by atoms with Crippen LogP contribution in [0.3, 0.4) is 0 Å². The van der Waals surface area contributed by atoms with Gasteiger partial charge in [0.2, 0.25) is 0 Å². The summed E-state index contributed by atoms with van der Waals surface area (Å²) in [6.07, 6.45) is -0.230. The van der Waals surface area contributed by atoms with Crippen molar-refractivity contribution in [1.29, 1.82) is 0 Å². The van der Waals surface area contributed by atoms with E-state index in [1.54, 1.807) is 0 Å². The van der Waals surface area contributed by atoms with Gasteiger partial charge in [-0.25, -0.2) is 8.78 Å². The van der Waals surface area contributed by atoms with Gasteiger partial charge >= 0.3 is 5.97 Å². The van der Waals surface area contributed by atoms with Gasteiger partial charge in [0, 0.05) is 37.9 Å². The molecular weight excluding hydrogens is 294 g/mol. The van der Waals surface area contributed by atoms with Gasteiger partial charge in [-0.1, -0.05) is 0 Å². The first-order valence-electron chi connectivity index (χ1n) is 7.00. The molecule has 2 rings (SSSR count). The first kappa shape index (κ1) is 16.4. The lowest BCUT2D eigenvalue weighted by atomic mass is 10.2. The number of hydrogen-bond donors (Lipinski definition) is 0. The molecule has 0 N–H and O–H groups in total. The van der Waals surface area contributed by atoms with Crippen LogP contribution < -0.4 is 4.90 Å². The van der Waals surface area contributed by atoms with Crippen LogP contribution >= 0.6 is 0 Å². The van der Waals surface area contributed by atoms with E-state index in [-0.39, 0.29) is 18.7 Å². The van der Waals surface area contributed by atoms with E-state index in [1.807, 2.05) is 9.80 Å². The average Bonchev–Trinajstić information content (AvgIpc) is 2.46. The number of ether oxygens (including phenoxy) is 1. The summed E-state index contributed by atoms with van der Waals surface area (Å²) in [7, 11) is 1.24. The smallest absolute Gasteiger partial charge is 0.313 e. The van der Waals surface area contributed by atoms with Crippen molar-refractivity contribution in [3.8, 4) is 0 Å². The quantitative estimate of drug-likeness (QED) is 0.604. The van der Waals surface area contributed by atoms with Crippen molar-refractivity contribution in [3.05, 3.63) is 29.8 Å². The summed E-state index contributed by atoms with van der Waals surface area (Å²) in [6.45, 7) is 2.49. The molecule has 5 nitrogen and oxygen atoms in total. The number of methoxy groups -OCH3 is 1. The molecule has 1 aliphatic heterocycles. The molecule has 1 fully saturated rings.